The van der Waals surface area contributed by atoms with Crippen molar-refractivity contribution in [1.29, 1.82) is 0 Å². The zero-order chi connectivity index (χ0) is 21.0. The second kappa shape index (κ2) is 13.2. The molecule has 0 saturated heterocycles. The predicted molar refractivity (Wildman–Crippen MR) is 119 cm³/mol. The first-order valence-electron chi connectivity index (χ1n) is 7.00. The van der Waals surface area contributed by atoms with Gasteiger partial charge in [-0.1, -0.05) is 0 Å². The van der Waals surface area contributed by atoms with Gasteiger partial charge in [0.25, 0.3) is 0 Å². The number of hydrogen-bond acceptors (Lipinski definition) is 6. The third kappa shape index (κ3) is 12.1. The Labute approximate surface area is 186 Å². The van der Waals surface area contributed by atoms with Crippen LogP contribution in [0.15, 0.2) is 36.4 Å². The third-order valence-corrected chi connectivity index (χ3v) is 4.41. The zero-order valence-corrected chi connectivity index (χ0v) is 20.1. The minimum atomic E-state index is -4.67. The Kier molecular flexibility index (Phi) is 12.7. The van der Waals surface area contributed by atoms with Gasteiger partial charge in [-0.2, -0.15) is 8.42 Å². The smallest absolute Gasteiger partial charge is 0.394 e. The lowest BCUT2D eigenvalue weighted by atomic mass is 10.3. The molecule has 0 unspecified atom stereocenters. The van der Waals surface area contributed by atoms with Gasteiger partial charge in [0, 0.05) is 0 Å². The van der Waals surface area contributed by atoms with Gasteiger partial charge in [-0.3, -0.25) is 9.11 Å². The fraction of sp³-hybridized carbons (Fsp3) is 0.250. The molecule has 0 heterocycles. The van der Waals surface area contributed by atoms with E-state index in [9.17, 15) is 0 Å². The Morgan fingerprint density at radius 2 is 0.963 bits per heavy atom. The Morgan fingerprint density at radius 1 is 0.704 bits per heavy atom. The maximum absolute atomic E-state index is 8.74. The van der Waals surface area contributed by atoms with Crippen molar-refractivity contribution in [2.75, 3.05) is 28.4 Å². The summed E-state index contributed by atoms with van der Waals surface area (Å²) in [6.45, 7) is 0. The van der Waals surface area contributed by atoms with E-state index in [4.69, 9.17) is 36.5 Å². The molecule has 0 aliphatic carbocycles. The van der Waals surface area contributed by atoms with Crippen molar-refractivity contribution in [3.05, 3.63) is 43.5 Å². The van der Waals surface area contributed by atoms with E-state index in [0.717, 1.165) is 30.1 Å². The predicted octanol–water partition coefficient (Wildman–Crippen LogP) is 3.96. The van der Waals surface area contributed by atoms with Crippen LogP contribution in [-0.2, 0) is 10.4 Å². The lowest BCUT2D eigenvalue weighted by Crippen LogP contribution is -1.92. The molecule has 0 spiro atoms. The molecule has 2 aromatic carbocycles. The summed E-state index contributed by atoms with van der Waals surface area (Å²) in [5.74, 6) is 3.48. The number of methoxy groups -OCH3 is 4. The van der Waals surface area contributed by atoms with Crippen LogP contribution < -0.4 is 18.9 Å². The van der Waals surface area contributed by atoms with Gasteiger partial charge in [-0.25, -0.2) is 0 Å². The van der Waals surface area contributed by atoms with E-state index in [-0.39, 0.29) is 0 Å². The van der Waals surface area contributed by atoms with Crippen LogP contribution in [0.25, 0.3) is 0 Å². The number of hydrogen-bond donors (Lipinski definition) is 2. The third-order valence-electron chi connectivity index (χ3n) is 2.72. The highest BCUT2D eigenvalue weighted by molar-refractivity contribution is 14.1. The first-order valence-corrected chi connectivity index (χ1v) is 10.6. The summed E-state index contributed by atoms with van der Waals surface area (Å²) in [7, 11) is 1.95. The lowest BCUT2D eigenvalue weighted by molar-refractivity contribution is 0.381. The molecule has 2 aromatic rings. The van der Waals surface area contributed by atoms with E-state index < -0.39 is 10.4 Å². The van der Waals surface area contributed by atoms with Crippen LogP contribution in [0.4, 0.5) is 0 Å². The minimum Gasteiger partial charge on any atom is -0.497 e. The topological polar surface area (TPSA) is 112 Å². The van der Waals surface area contributed by atoms with Gasteiger partial charge in [0.05, 0.1) is 35.6 Å². The maximum Gasteiger partial charge on any atom is 0.394 e. The van der Waals surface area contributed by atoms with Gasteiger partial charge in [0.2, 0.25) is 0 Å². The summed E-state index contributed by atoms with van der Waals surface area (Å²) in [5, 5.41) is 0. The second-order valence-corrected chi connectivity index (χ2v) is 7.67. The van der Waals surface area contributed by atoms with Crippen molar-refractivity contribution >= 4 is 55.6 Å². The molecule has 11 heteroatoms. The average molecular weight is 626 g/mol. The highest BCUT2D eigenvalue weighted by atomic mass is 127. The zero-order valence-electron chi connectivity index (χ0n) is 15.0. The first-order chi connectivity index (χ1) is 12.5. The van der Waals surface area contributed by atoms with Gasteiger partial charge in [-0.15, -0.1) is 0 Å². The van der Waals surface area contributed by atoms with E-state index in [2.05, 4.69) is 45.2 Å². The maximum atomic E-state index is 8.74. The Hall–Kier alpha value is -1.03. The average Bonchev–Trinajstić information content (AvgIpc) is 2.62. The van der Waals surface area contributed by atoms with Crippen LogP contribution >= 0.6 is 45.2 Å². The molecule has 2 N–H and O–H groups in total. The van der Waals surface area contributed by atoms with Crippen molar-refractivity contribution in [1.82, 2.24) is 0 Å². The van der Waals surface area contributed by atoms with Crippen LogP contribution in [-0.4, -0.2) is 46.0 Å². The highest BCUT2D eigenvalue weighted by Gasteiger charge is 2.06. The van der Waals surface area contributed by atoms with E-state index in [1.807, 2.05) is 36.4 Å². The SMILES string of the molecule is COc1cc(I)c(OC)cc1I.COc1ccc(OC)cc1.O=S(=O)(O)O. The van der Waals surface area contributed by atoms with Crippen LogP contribution in [0, 0.1) is 7.14 Å². The van der Waals surface area contributed by atoms with Crippen molar-refractivity contribution in [3.63, 3.8) is 0 Å². The summed E-state index contributed by atoms with van der Waals surface area (Å²) in [4.78, 5) is 0. The molecule has 0 amide bonds. The molecule has 152 valence electrons. The van der Waals surface area contributed by atoms with Crippen molar-refractivity contribution in [3.8, 4) is 23.0 Å². The number of ether oxygens (including phenoxy) is 4. The summed E-state index contributed by atoms with van der Waals surface area (Å²) in [6.07, 6.45) is 0. The summed E-state index contributed by atoms with van der Waals surface area (Å²) < 4.78 is 53.9. The Morgan fingerprint density at radius 3 is 1.15 bits per heavy atom. The molecule has 0 radical (unpaired) electrons. The normalized spacial score (nSPS) is 9.78. The molecule has 0 aliphatic heterocycles. The molecule has 27 heavy (non-hydrogen) atoms. The first kappa shape index (κ1) is 26.0. The molecule has 0 saturated carbocycles. The molecule has 0 aliphatic rings. The van der Waals surface area contributed by atoms with Gasteiger partial charge >= 0.3 is 10.4 Å². The molecular formula is C16H20I2O8S. The summed E-state index contributed by atoms with van der Waals surface area (Å²) in [6, 6.07) is 11.4. The fourth-order valence-electron chi connectivity index (χ4n) is 1.54. The Bertz CT molecular complexity index is 734. The van der Waals surface area contributed by atoms with E-state index in [1.165, 1.54) is 0 Å². The van der Waals surface area contributed by atoms with Crippen LogP contribution in [0.1, 0.15) is 0 Å². The number of halogens is 2. The lowest BCUT2D eigenvalue weighted by Gasteiger charge is -2.07. The fourth-order valence-corrected chi connectivity index (χ4v) is 2.85. The van der Waals surface area contributed by atoms with Crippen LogP contribution in [0.3, 0.4) is 0 Å². The quantitative estimate of drug-likeness (QED) is 0.388. The van der Waals surface area contributed by atoms with Gasteiger partial charge in [-0.05, 0) is 81.6 Å². The van der Waals surface area contributed by atoms with Gasteiger partial charge in [0.1, 0.15) is 23.0 Å². The van der Waals surface area contributed by atoms with Crippen molar-refractivity contribution < 1.29 is 36.5 Å². The molecule has 0 fully saturated rings. The summed E-state index contributed by atoms with van der Waals surface area (Å²) in [5.41, 5.74) is 0. The minimum absolute atomic E-state index is 0.848. The van der Waals surface area contributed by atoms with Gasteiger partial charge in [0.15, 0.2) is 0 Å². The molecule has 8 nitrogen and oxygen atoms in total. The largest absolute Gasteiger partial charge is 0.497 e. The van der Waals surface area contributed by atoms with Crippen molar-refractivity contribution in [2.45, 2.75) is 0 Å². The Balaban J connectivity index is 0.000000408. The summed E-state index contributed by atoms with van der Waals surface area (Å²) >= 11 is 4.44. The van der Waals surface area contributed by atoms with Crippen LogP contribution in [0.5, 0.6) is 23.0 Å². The molecular weight excluding hydrogens is 606 g/mol. The monoisotopic (exact) mass is 626 g/mol. The highest BCUT2D eigenvalue weighted by Crippen LogP contribution is 2.30. The van der Waals surface area contributed by atoms with E-state index in [1.54, 1.807) is 28.4 Å². The molecule has 0 bridgehead atoms. The van der Waals surface area contributed by atoms with E-state index in [0.29, 0.717) is 0 Å². The number of rotatable bonds is 4. The molecule has 2 rings (SSSR count). The van der Waals surface area contributed by atoms with Gasteiger partial charge < -0.3 is 18.9 Å². The van der Waals surface area contributed by atoms with Crippen LogP contribution in [0.2, 0.25) is 0 Å². The van der Waals surface area contributed by atoms with Crippen molar-refractivity contribution in [2.24, 2.45) is 0 Å². The second-order valence-electron chi connectivity index (χ2n) is 4.45. The number of benzene rings is 2. The standard InChI is InChI=1S/C8H8I2O2.C8H10O2.H2O4S/c1-11-7-3-6(10)8(12-2)4-5(7)9;1-9-7-3-5-8(10-2)6-4-7;1-5(2,3)4/h3-4H,1-2H3;3-6H,1-2H3;(H2,1,2,3,4). The molecule has 0 aromatic heterocycles. The van der Waals surface area contributed by atoms with E-state index >= 15 is 0 Å². The molecule has 0 atom stereocenters.